The molecule has 274 valence electrons. The summed E-state index contributed by atoms with van der Waals surface area (Å²) in [4.78, 5) is 57.3. The van der Waals surface area contributed by atoms with E-state index >= 15 is 0 Å². The molecule has 4 aliphatic rings. The SMILES string of the molecule is C=C1CC[C@H]2O[C@H]1CC/C(C)=C\[C@H]1C(=C(C)C[C@@H]3C(=O)C[C@@H](C)CCC[C@@H](C)C(=O)C[C@@H](C(C)C)C(=O)C[C@@]31C(=O)OC)[C@H](O)C[C@]2(C)O. The van der Waals surface area contributed by atoms with Gasteiger partial charge in [-0.15, -0.1) is 0 Å². The molecule has 0 amide bonds. The summed E-state index contributed by atoms with van der Waals surface area (Å²) in [6.45, 7) is 17.6. The lowest BCUT2D eigenvalue weighted by Gasteiger charge is -2.50. The fourth-order valence-electron chi connectivity index (χ4n) is 9.27. The summed E-state index contributed by atoms with van der Waals surface area (Å²) in [5.41, 5.74) is 0.213. The number of methoxy groups -OCH3 is 1. The average Bonchev–Trinajstić information content (AvgIpc) is 3.02. The highest BCUT2D eigenvalue weighted by Crippen LogP contribution is 2.56. The van der Waals surface area contributed by atoms with Crippen molar-refractivity contribution in [2.45, 2.75) is 149 Å². The van der Waals surface area contributed by atoms with Gasteiger partial charge in [-0.2, -0.15) is 0 Å². The topological polar surface area (TPSA) is 127 Å². The summed E-state index contributed by atoms with van der Waals surface area (Å²) < 4.78 is 12.0. The Balaban J connectivity index is 1.97. The Morgan fingerprint density at radius 1 is 1.00 bits per heavy atom. The third-order valence-corrected chi connectivity index (χ3v) is 12.4. The highest BCUT2D eigenvalue weighted by molar-refractivity contribution is 5.97. The smallest absolute Gasteiger partial charge is 0.313 e. The zero-order valence-corrected chi connectivity index (χ0v) is 31.3. The van der Waals surface area contributed by atoms with Crippen LogP contribution in [0.1, 0.15) is 126 Å². The number of carbonyl (C=O) groups is 4. The molecular formula is C41H62O8. The maximum atomic E-state index is 14.7. The Bertz CT molecular complexity index is 1350. The maximum Gasteiger partial charge on any atom is 0.313 e. The van der Waals surface area contributed by atoms with Crippen LogP contribution in [0, 0.1) is 40.9 Å². The van der Waals surface area contributed by atoms with Crippen LogP contribution in [0.3, 0.4) is 0 Å². The van der Waals surface area contributed by atoms with Crippen molar-refractivity contribution < 1.29 is 38.9 Å². The average molecular weight is 683 g/mol. The van der Waals surface area contributed by atoms with Crippen LogP contribution in [0.25, 0.3) is 0 Å². The van der Waals surface area contributed by atoms with E-state index in [1.54, 1.807) is 6.92 Å². The van der Waals surface area contributed by atoms with E-state index in [2.05, 4.69) is 6.58 Å². The van der Waals surface area contributed by atoms with Crippen LogP contribution in [-0.2, 0) is 28.7 Å². The molecule has 1 saturated heterocycles. The number of hydrogen-bond donors (Lipinski definition) is 2. The van der Waals surface area contributed by atoms with E-state index in [-0.39, 0.29) is 73.3 Å². The minimum atomic E-state index is -1.64. The molecule has 2 bridgehead atoms. The predicted molar refractivity (Wildman–Crippen MR) is 189 cm³/mol. The van der Waals surface area contributed by atoms with Crippen molar-refractivity contribution in [3.05, 3.63) is 34.9 Å². The summed E-state index contributed by atoms with van der Waals surface area (Å²) in [5.74, 6) is -3.59. The summed E-state index contributed by atoms with van der Waals surface area (Å²) >= 11 is 0. The largest absolute Gasteiger partial charge is 0.469 e. The lowest BCUT2D eigenvalue weighted by atomic mass is 9.52. The van der Waals surface area contributed by atoms with Crippen LogP contribution in [0.15, 0.2) is 34.9 Å². The molecule has 4 rings (SSSR count). The van der Waals surface area contributed by atoms with Crippen LogP contribution in [0.4, 0.5) is 0 Å². The molecule has 1 saturated carbocycles. The maximum absolute atomic E-state index is 14.7. The number of carbonyl (C=O) groups excluding carboxylic acids is 4. The van der Waals surface area contributed by atoms with Gasteiger partial charge < -0.3 is 19.7 Å². The van der Waals surface area contributed by atoms with E-state index < -0.39 is 46.9 Å². The number of ketones is 3. The Hall–Kier alpha value is -2.42. The van der Waals surface area contributed by atoms with Gasteiger partial charge in [0.2, 0.25) is 0 Å². The van der Waals surface area contributed by atoms with Gasteiger partial charge in [0, 0.05) is 49.4 Å². The number of allylic oxidation sites excluding steroid dienone is 3. The zero-order valence-electron chi connectivity index (χ0n) is 31.3. The summed E-state index contributed by atoms with van der Waals surface area (Å²) in [6.07, 6.45) is 5.01. The zero-order chi connectivity index (χ0) is 36.4. The molecule has 2 fully saturated rings. The van der Waals surface area contributed by atoms with Crippen molar-refractivity contribution in [3.8, 4) is 0 Å². The second kappa shape index (κ2) is 15.9. The molecule has 8 heteroatoms. The van der Waals surface area contributed by atoms with Gasteiger partial charge in [-0.05, 0) is 82.3 Å². The third-order valence-electron chi connectivity index (χ3n) is 12.4. The Morgan fingerprint density at radius 3 is 2.35 bits per heavy atom. The molecule has 0 aromatic rings. The Kier molecular flexibility index (Phi) is 12.7. The first kappa shape index (κ1) is 39.4. The molecule has 2 N–H and O–H groups in total. The number of Topliss-reactive ketones (excluding diaryl/α,β-unsaturated/α-hetero) is 3. The molecule has 8 nitrogen and oxygen atoms in total. The summed E-state index contributed by atoms with van der Waals surface area (Å²) in [5, 5.41) is 24.0. The van der Waals surface area contributed by atoms with Crippen molar-refractivity contribution >= 4 is 23.3 Å². The van der Waals surface area contributed by atoms with Crippen molar-refractivity contribution in [2.24, 2.45) is 40.9 Å². The number of aliphatic hydroxyl groups is 2. The van der Waals surface area contributed by atoms with Gasteiger partial charge in [-0.25, -0.2) is 0 Å². The van der Waals surface area contributed by atoms with Gasteiger partial charge in [0.05, 0.1) is 36.4 Å². The van der Waals surface area contributed by atoms with Crippen molar-refractivity contribution in [1.82, 2.24) is 0 Å². The van der Waals surface area contributed by atoms with Gasteiger partial charge >= 0.3 is 5.97 Å². The van der Waals surface area contributed by atoms with Crippen molar-refractivity contribution in [2.75, 3.05) is 7.11 Å². The fraction of sp³-hybridized carbons (Fsp3) is 0.756. The fourth-order valence-corrected chi connectivity index (χ4v) is 9.27. The van der Waals surface area contributed by atoms with Gasteiger partial charge in [0.25, 0.3) is 0 Å². The van der Waals surface area contributed by atoms with Crippen LogP contribution in [0.2, 0.25) is 0 Å². The van der Waals surface area contributed by atoms with Gasteiger partial charge in [0.1, 0.15) is 17.3 Å². The van der Waals surface area contributed by atoms with E-state index in [0.717, 1.165) is 36.0 Å². The van der Waals surface area contributed by atoms with Crippen molar-refractivity contribution in [1.29, 1.82) is 0 Å². The first-order chi connectivity index (χ1) is 22.9. The normalized spacial score (nSPS) is 40.3. The third kappa shape index (κ3) is 8.39. The molecule has 0 unspecified atom stereocenters. The predicted octanol–water partition coefficient (Wildman–Crippen LogP) is 7.05. The number of rotatable bonds is 2. The standard InChI is InChI=1S/C41H62O8/c1-23(2)29-20-32(42)26(5)12-10-11-24(3)18-33(43)30-19-28(7)38-31(41(30,22-34(29)44)39(46)48-9)17-25(4)13-15-36-27(6)14-16-37(49-36)40(8,47)21-35(38)45/h17,23-24,26,29-31,35-37,45,47H,6,10-16,18-22H2,1-5,7-9H3/b25-17-/t24-,26+,29-,30+,31-,35+,36-,37+,40-,41+/m0/s1. The van der Waals surface area contributed by atoms with E-state index in [1.165, 1.54) is 7.11 Å². The van der Waals surface area contributed by atoms with Crippen molar-refractivity contribution in [3.63, 3.8) is 0 Å². The van der Waals surface area contributed by atoms with Gasteiger partial charge in [-0.3, -0.25) is 19.2 Å². The molecular weight excluding hydrogens is 620 g/mol. The Labute approximate surface area is 294 Å². The molecule has 2 heterocycles. The highest BCUT2D eigenvalue weighted by atomic mass is 16.5. The van der Waals surface area contributed by atoms with Crippen LogP contribution in [0.5, 0.6) is 0 Å². The molecule has 0 radical (unpaired) electrons. The van der Waals surface area contributed by atoms with Crippen LogP contribution in [-0.4, -0.2) is 64.6 Å². The number of ether oxygens (including phenoxy) is 2. The number of fused-ring (bicyclic) bond motifs is 5. The van der Waals surface area contributed by atoms with Gasteiger partial charge in [-0.1, -0.05) is 64.3 Å². The molecule has 0 aromatic carbocycles. The molecule has 10 atom stereocenters. The number of hydrogen-bond acceptors (Lipinski definition) is 8. The molecule has 49 heavy (non-hydrogen) atoms. The lowest BCUT2D eigenvalue weighted by Crippen LogP contribution is -2.55. The van der Waals surface area contributed by atoms with E-state index in [9.17, 15) is 29.4 Å². The highest BCUT2D eigenvalue weighted by Gasteiger charge is 2.60. The quantitative estimate of drug-likeness (QED) is 0.234. The number of aliphatic hydroxyl groups excluding tert-OH is 1. The molecule has 0 aromatic heterocycles. The molecule has 0 spiro atoms. The monoisotopic (exact) mass is 682 g/mol. The van der Waals surface area contributed by atoms with Crippen LogP contribution >= 0.6 is 0 Å². The second-order valence-corrected chi connectivity index (χ2v) is 16.7. The van der Waals surface area contributed by atoms with E-state index in [0.29, 0.717) is 31.3 Å². The van der Waals surface area contributed by atoms with Gasteiger partial charge in [0.15, 0.2) is 0 Å². The van der Waals surface area contributed by atoms with E-state index in [1.807, 2.05) is 47.6 Å². The minimum Gasteiger partial charge on any atom is -0.469 e. The molecule has 2 aliphatic carbocycles. The number of esters is 1. The lowest BCUT2D eigenvalue weighted by molar-refractivity contribution is -0.167. The summed E-state index contributed by atoms with van der Waals surface area (Å²) in [6, 6.07) is 0. The Morgan fingerprint density at radius 2 is 1.69 bits per heavy atom. The molecule has 2 aliphatic heterocycles. The second-order valence-electron chi connectivity index (χ2n) is 16.7. The summed E-state index contributed by atoms with van der Waals surface area (Å²) in [7, 11) is 1.30. The minimum absolute atomic E-state index is 0.0275. The van der Waals surface area contributed by atoms with E-state index in [4.69, 9.17) is 9.47 Å². The first-order valence-corrected chi connectivity index (χ1v) is 18.7. The van der Waals surface area contributed by atoms with Crippen LogP contribution < -0.4 is 0 Å². The first-order valence-electron chi connectivity index (χ1n) is 18.7.